The van der Waals surface area contributed by atoms with Crippen molar-refractivity contribution < 1.29 is 4.42 Å². The van der Waals surface area contributed by atoms with Crippen LogP contribution in [0.4, 0.5) is 0 Å². The number of rotatable bonds is 3. The van der Waals surface area contributed by atoms with E-state index in [2.05, 4.69) is 127 Å². The zero-order valence-electron chi connectivity index (χ0n) is 23.3. The Hall–Kier alpha value is -5.73. The molecule has 2 heteroatoms. The minimum atomic E-state index is 0.876. The van der Waals surface area contributed by atoms with Gasteiger partial charge in [0.1, 0.15) is 11.2 Å². The van der Waals surface area contributed by atoms with Crippen LogP contribution in [0.1, 0.15) is 0 Å². The SMILES string of the molecule is c1ccc(-c2ccc(-c3c4ccccc4c(-c4ccc5oc6c7ccccc7ncc6c5c4)c4ccccc34)cc2)cc1. The minimum Gasteiger partial charge on any atom is -0.455 e. The fraction of sp³-hybridized carbons (Fsp3) is 0. The summed E-state index contributed by atoms with van der Waals surface area (Å²) in [5.41, 5.74) is 10.0. The Kier molecular flexibility index (Phi) is 5.23. The molecule has 0 aliphatic carbocycles. The summed E-state index contributed by atoms with van der Waals surface area (Å²) in [7, 11) is 0. The lowest BCUT2D eigenvalue weighted by Crippen LogP contribution is -1.91. The lowest BCUT2D eigenvalue weighted by Gasteiger charge is -2.18. The average molecular weight is 548 g/mol. The zero-order chi connectivity index (χ0) is 28.3. The van der Waals surface area contributed by atoms with Crippen molar-refractivity contribution in [1.29, 1.82) is 0 Å². The molecule has 0 bridgehead atoms. The summed E-state index contributed by atoms with van der Waals surface area (Å²) in [6, 6.07) is 51.9. The van der Waals surface area contributed by atoms with Crippen LogP contribution in [0, 0.1) is 0 Å². The van der Waals surface area contributed by atoms with E-state index in [-0.39, 0.29) is 0 Å². The normalized spacial score (nSPS) is 11.7. The second-order valence-corrected chi connectivity index (χ2v) is 11.1. The maximum absolute atomic E-state index is 6.41. The van der Waals surface area contributed by atoms with Gasteiger partial charge in [0.2, 0.25) is 0 Å². The van der Waals surface area contributed by atoms with Gasteiger partial charge in [0.25, 0.3) is 0 Å². The van der Waals surface area contributed by atoms with E-state index >= 15 is 0 Å². The average Bonchev–Trinajstić information content (AvgIpc) is 3.46. The van der Waals surface area contributed by atoms with E-state index in [1.165, 1.54) is 54.9 Å². The number of fused-ring (bicyclic) bond motifs is 7. The molecule has 0 aliphatic rings. The van der Waals surface area contributed by atoms with E-state index in [1.807, 2.05) is 24.4 Å². The molecule has 0 aliphatic heterocycles. The summed E-state index contributed by atoms with van der Waals surface area (Å²) in [5.74, 6) is 0. The summed E-state index contributed by atoms with van der Waals surface area (Å²) in [4.78, 5) is 4.74. The Bertz CT molecular complexity index is 2430. The number of hydrogen-bond acceptors (Lipinski definition) is 2. The number of furan rings is 1. The molecule has 0 unspecified atom stereocenters. The van der Waals surface area contributed by atoms with Gasteiger partial charge in [-0.15, -0.1) is 0 Å². The van der Waals surface area contributed by atoms with Crippen molar-refractivity contribution in [2.45, 2.75) is 0 Å². The summed E-state index contributed by atoms with van der Waals surface area (Å²) in [5, 5.41) is 8.12. The van der Waals surface area contributed by atoms with Crippen molar-refractivity contribution in [3.8, 4) is 33.4 Å². The third-order valence-corrected chi connectivity index (χ3v) is 8.71. The predicted molar refractivity (Wildman–Crippen MR) is 180 cm³/mol. The van der Waals surface area contributed by atoms with Crippen molar-refractivity contribution in [2.75, 3.05) is 0 Å². The first-order valence-corrected chi connectivity index (χ1v) is 14.6. The van der Waals surface area contributed by atoms with Crippen molar-refractivity contribution in [2.24, 2.45) is 0 Å². The van der Waals surface area contributed by atoms with Gasteiger partial charge in [0.05, 0.1) is 5.52 Å². The van der Waals surface area contributed by atoms with Gasteiger partial charge in [-0.3, -0.25) is 4.98 Å². The van der Waals surface area contributed by atoms with E-state index in [1.54, 1.807) is 0 Å². The lowest BCUT2D eigenvalue weighted by atomic mass is 9.85. The third-order valence-electron chi connectivity index (χ3n) is 8.71. The number of para-hydroxylation sites is 1. The molecule has 9 aromatic rings. The summed E-state index contributed by atoms with van der Waals surface area (Å²) < 4.78 is 6.41. The van der Waals surface area contributed by atoms with E-state index in [4.69, 9.17) is 9.40 Å². The van der Waals surface area contributed by atoms with Crippen LogP contribution >= 0.6 is 0 Å². The molecule has 2 aromatic heterocycles. The van der Waals surface area contributed by atoms with Crippen LogP contribution in [-0.4, -0.2) is 4.98 Å². The molecule has 0 N–H and O–H groups in total. The van der Waals surface area contributed by atoms with E-state index in [9.17, 15) is 0 Å². The Morgan fingerprint density at radius 2 is 0.884 bits per heavy atom. The molecular weight excluding hydrogens is 522 g/mol. The van der Waals surface area contributed by atoms with Gasteiger partial charge >= 0.3 is 0 Å². The Balaban J connectivity index is 1.29. The highest BCUT2D eigenvalue weighted by molar-refractivity contribution is 6.22. The van der Waals surface area contributed by atoms with Crippen LogP contribution in [-0.2, 0) is 0 Å². The highest BCUT2D eigenvalue weighted by atomic mass is 16.3. The number of aromatic nitrogens is 1. The van der Waals surface area contributed by atoms with Gasteiger partial charge in [0.15, 0.2) is 0 Å². The summed E-state index contributed by atoms with van der Waals surface area (Å²) in [6.07, 6.45) is 1.95. The van der Waals surface area contributed by atoms with Crippen molar-refractivity contribution in [3.05, 3.63) is 152 Å². The number of pyridine rings is 1. The molecule has 0 atom stereocenters. The second-order valence-electron chi connectivity index (χ2n) is 11.1. The largest absolute Gasteiger partial charge is 0.455 e. The third kappa shape index (κ3) is 3.70. The van der Waals surface area contributed by atoms with Crippen LogP contribution in [0.2, 0.25) is 0 Å². The van der Waals surface area contributed by atoms with Crippen molar-refractivity contribution >= 4 is 54.4 Å². The van der Waals surface area contributed by atoms with Crippen LogP contribution in [0.5, 0.6) is 0 Å². The van der Waals surface area contributed by atoms with Crippen molar-refractivity contribution in [1.82, 2.24) is 4.98 Å². The first-order chi connectivity index (χ1) is 21.3. The number of benzene rings is 7. The van der Waals surface area contributed by atoms with Crippen LogP contribution < -0.4 is 0 Å². The zero-order valence-corrected chi connectivity index (χ0v) is 23.3. The molecule has 43 heavy (non-hydrogen) atoms. The molecule has 7 aromatic carbocycles. The molecule has 0 amide bonds. The quantitative estimate of drug-likeness (QED) is 0.206. The van der Waals surface area contributed by atoms with E-state index < -0.39 is 0 Å². The van der Waals surface area contributed by atoms with Crippen LogP contribution in [0.3, 0.4) is 0 Å². The molecule has 0 radical (unpaired) electrons. The monoisotopic (exact) mass is 547 g/mol. The fourth-order valence-corrected chi connectivity index (χ4v) is 6.72. The predicted octanol–water partition coefficient (Wildman–Crippen LogP) is 11.4. The molecule has 9 rings (SSSR count). The van der Waals surface area contributed by atoms with Gasteiger partial charge in [-0.25, -0.2) is 0 Å². The highest BCUT2D eigenvalue weighted by Gasteiger charge is 2.18. The highest BCUT2D eigenvalue weighted by Crippen LogP contribution is 2.45. The van der Waals surface area contributed by atoms with Crippen LogP contribution in [0.15, 0.2) is 156 Å². The van der Waals surface area contributed by atoms with Gasteiger partial charge < -0.3 is 4.42 Å². The molecule has 0 spiro atoms. The summed E-state index contributed by atoms with van der Waals surface area (Å²) >= 11 is 0. The molecular formula is C41H25NO. The van der Waals surface area contributed by atoms with Crippen molar-refractivity contribution in [3.63, 3.8) is 0 Å². The first-order valence-electron chi connectivity index (χ1n) is 14.6. The van der Waals surface area contributed by atoms with Gasteiger partial charge in [-0.1, -0.05) is 121 Å². The van der Waals surface area contributed by atoms with Crippen LogP contribution in [0.25, 0.3) is 87.8 Å². The lowest BCUT2D eigenvalue weighted by molar-refractivity contribution is 0.672. The smallest absolute Gasteiger partial charge is 0.146 e. The van der Waals surface area contributed by atoms with E-state index in [0.717, 1.165) is 32.8 Å². The minimum absolute atomic E-state index is 0.876. The molecule has 0 fully saturated rings. The van der Waals surface area contributed by atoms with Gasteiger partial charge in [0, 0.05) is 22.4 Å². The maximum atomic E-state index is 6.41. The summed E-state index contributed by atoms with van der Waals surface area (Å²) in [6.45, 7) is 0. The molecule has 0 saturated carbocycles. The second kappa shape index (κ2) is 9.40. The molecule has 2 heterocycles. The fourth-order valence-electron chi connectivity index (χ4n) is 6.72. The topological polar surface area (TPSA) is 26.0 Å². The Labute approximate surface area is 248 Å². The van der Waals surface area contributed by atoms with Gasteiger partial charge in [-0.05, 0) is 79.2 Å². The maximum Gasteiger partial charge on any atom is 0.146 e. The Morgan fingerprint density at radius 3 is 1.56 bits per heavy atom. The first kappa shape index (κ1) is 23.9. The Morgan fingerprint density at radius 1 is 0.372 bits per heavy atom. The number of nitrogens with zero attached hydrogens (tertiary/aromatic N) is 1. The molecule has 0 saturated heterocycles. The standard InChI is InChI=1S/C41H25NO/c1-2-10-26(11-3-1)27-18-20-28(21-19-27)39-30-12-4-6-14-32(30)40(33-15-7-5-13-31(33)39)29-22-23-38-35(24-29)36-25-42-37-17-9-8-16-34(37)41(36)43-38/h1-25H. The van der Waals surface area contributed by atoms with Gasteiger partial charge in [-0.2, -0.15) is 0 Å². The molecule has 2 nitrogen and oxygen atoms in total. The van der Waals surface area contributed by atoms with E-state index in [0.29, 0.717) is 0 Å². The number of hydrogen-bond donors (Lipinski definition) is 0. The molecule has 200 valence electrons.